The van der Waals surface area contributed by atoms with E-state index in [0.29, 0.717) is 0 Å². The van der Waals surface area contributed by atoms with Crippen LogP contribution in [0.15, 0.2) is 49.1 Å². The standard InChI is InChI=1S/C16H18N4/c1-12(17)8-14-10-20(11-19-14)9-13-6-7-18-16-5-3-2-4-15(13)16/h2-7,10-12H,8-9,17H2,1H3. The molecule has 102 valence electrons. The number of benzene rings is 1. The minimum atomic E-state index is 0.139. The molecule has 4 heteroatoms. The van der Waals surface area contributed by atoms with Crippen LogP contribution < -0.4 is 5.73 Å². The highest BCUT2D eigenvalue weighted by Gasteiger charge is 2.05. The Morgan fingerprint density at radius 3 is 2.90 bits per heavy atom. The number of pyridine rings is 1. The highest BCUT2D eigenvalue weighted by molar-refractivity contribution is 5.81. The molecule has 2 N–H and O–H groups in total. The lowest BCUT2D eigenvalue weighted by Crippen LogP contribution is -2.17. The first-order valence-corrected chi connectivity index (χ1v) is 6.81. The summed E-state index contributed by atoms with van der Waals surface area (Å²) in [6.45, 7) is 2.80. The van der Waals surface area contributed by atoms with Gasteiger partial charge >= 0.3 is 0 Å². The van der Waals surface area contributed by atoms with Gasteiger partial charge in [-0.1, -0.05) is 18.2 Å². The second-order valence-electron chi connectivity index (χ2n) is 5.21. The average Bonchev–Trinajstić information content (AvgIpc) is 2.86. The molecule has 4 nitrogen and oxygen atoms in total. The molecule has 0 bridgehead atoms. The summed E-state index contributed by atoms with van der Waals surface area (Å²) in [5.74, 6) is 0. The molecule has 0 saturated heterocycles. The fourth-order valence-corrected chi connectivity index (χ4v) is 2.42. The third kappa shape index (κ3) is 2.70. The minimum Gasteiger partial charge on any atom is -0.333 e. The largest absolute Gasteiger partial charge is 0.333 e. The molecule has 0 radical (unpaired) electrons. The van der Waals surface area contributed by atoms with Gasteiger partial charge in [-0.25, -0.2) is 4.98 Å². The van der Waals surface area contributed by atoms with E-state index in [-0.39, 0.29) is 6.04 Å². The summed E-state index contributed by atoms with van der Waals surface area (Å²) in [6, 6.07) is 10.4. The van der Waals surface area contributed by atoms with Crippen LogP contribution in [0.3, 0.4) is 0 Å². The van der Waals surface area contributed by atoms with Crippen molar-refractivity contribution in [1.29, 1.82) is 0 Å². The van der Waals surface area contributed by atoms with Crippen LogP contribution in [0.5, 0.6) is 0 Å². The summed E-state index contributed by atoms with van der Waals surface area (Å²) in [5, 5.41) is 1.19. The average molecular weight is 266 g/mol. The summed E-state index contributed by atoms with van der Waals surface area (Å²) in [6.07, 6.45) is 6.60. The van der Waals surface area contributed by atoms with Gasteiger partial charge in [-0.3, -0.25) is 4.98 Å². The van der Waals surface area contributed by atoms with Crippen LogP contribution in [-0.2, 0) is 13.0 Å². The quantitative estimate of drug-likeness (QED) is 0.788. The van der Waals surface area contributed by atoms with E-state index in [1.807, 2.05) is 37.6 Å². The maximum Gasteiger partial charge on any atom is 0.0952 e. The highest BCUT2D eigenvalue weighted by Crippen LogP contribution is 2.17. The van der Waals surface area contributed by atoms with E-state index in [2.05, 4.69) is 32.9 Å². The number of hydrogen-bond donors (Lipinski definition) is 1. The number of hydrogen-bond acceptors (Lipinski definition) is 3. The second kappa shape index (κ2) is 5.43. The molecule has 1 unspecified atom stereocenters. The lowest BCUT2D eigenvalue weighted by molar-refractivity contribution is 0.723. The van der Waals surface area contributed by atoms with Crippen LogP contribution in [0.4, 0.5) is 0 Å². The molecule has 2 aromatic heterocycles. The topological polar surface area (TPSA) is 56.7 Å². The molecule has 1 atom stereocenters. The molecule has 0 saturated carbocycles. The third-order valence-electron chi connectivity index (χ3n) is 3.31. The van der Waals surface area contributed by atoms with Crippen molar-refractivity contribution < 1.29 is 0 Å². The van der Waals surface area contributed by atoms with Crippen LogP contribution >= 0.6 is 0 Å². The number of para-hydroxylation sites is 1. The summed E-state index contributed by atoms with van der Waals surface area (Å²) >= 11 is 0. The first-order valence-electron chi connectivity index (χ1n) is 6.81. The van der Waals surface area contributed by atoms with Crippen molar-refractivity contribution in [2.24, 2.45) is 5.73 Å². The predicted octanol–water partition coefficient (Wildman–Crippen LogP) is 2.37. The Morgan fingerprint density at radius 2 is 2.05 bits per heavy atom. The fourth-order valence-electron chi connectivity index (χ4n) is 2.42. The molecule has 2 heterocycles. The minimum absolute atomic E-state index is 0.139. The number of imidazole rings is 1. The molecular formula is C16H18N4. The SMILES string of the molecule is CC(N)Cc1cn(Cc2ccnc3ccccc23)cn1. The monoisotopic (exact) mass is 266 g/mol. The zero-order valence-corrected chi connectivity index (χ0v) is 11.5. The molecule has 0 spiro atoms. The van der Waals surface area contributed by atoms with Crippen LogP contribution in [0.2, 0.25) is 0 Å². The van der Waals surface area contributed by atoms with Gasteiger partial charge in [0.2, 0.25) is 0 Å². The summed E-state index contributed by atoms with van der Waals surface area (Å²) in [4.78, 5) is 8.79. The van der Waals surface area contributed by atoms with E-state index in [9.17, 15) is 0 Å². The van der Waals surface area contributed by atoms with Gasteiger partial charge in [0, 0.05) is 36.8 Å². The molecule has 3 rings (SSSR count). The third-order valence-corrected chi connectivity index (χ3v) is 3.31. The second-order valence-corrected chi connectivity index (χ2v) is 5.21. The van der Waals surface area contributed by atoms with E-state index in [4.69, 9.17) is 5.73 Å². The number of rotatable bonds is 4. The van der Waals surface area contributed by atoms with Crippen molar-refractivity contribution in [3.8, 4) is 0 Å². The van der Waals surface area contributed by atoms with Crippen LogP contribution in [0.25, 0.3) is 10.9 Å². The fraction of sp³-hybridized carbons (Fsp3) is 0.250. The van der Waals surface area contributed by atoms with Crippen LogP contribution in [0.1, 0.15) is 18.2 Å². The van der Waals surface area contributed by atoms with Crippen molar-refractivity contribution in [2.45, 2.75) is 25.9 Å². The molecule has 20 heavy (non-hydrogen) atoms. The van der Waals surface area contributed by atoms with Gasteiger partial charge in [0.25, 0.3) is 0 Å². The van der Waals surface area contributed by atoms with Crippen LogP contribution in [0, 0.1) is 0 Å². The molecule has 0 aliphatic heterocycles. The Bertz CT molecular complexity index is 710. The summed E-state index contributed by atoms with van der Waals surface area (Å²) in [7, 11) is 0. The van der Waals surface area contributed by atoms with E-state index >= 15 is 0 Å². The van der Waals surface area contributed by atoms with Crippen molar-refractivity contribution in [3.63, 3.8) is 0 Å². The van der Waals surface area contributed by atoms with Crippen molar-refractivity contribution in [1.82, 2.24) is 14.5 Å². The highest BCUT2D eigenvalue weighted by atomic mass is 15.0. The lowest BCUT2D eigenvalue weighted by atomic mass is 10.1. The van der Waals surface area contributed by atoms with E-state index in [0.717, 1.165) is 24.2 Å². The Morgan fingerprint density at radius 1 is 1.20 bits per heavy atom. The number of aromatic nitrogens is 3. The molecule has 0 aliphatic rings. The first-order chi connectivity index (χ1) is 9.72. The molecule has 3 aromatic rings. The predicted molar refractivity (Wildman–Crippen MR) is 80.4 cm³/mol. The Balaban J connectivity index is 1.88. The molecule has 0 aliphatic carbocycles. The van der Waals surface area contributed by atoms with E-state index in [1.54, 1.807) is 0 Å². The van der Waals surface area contributed by atoms with Gasteiger partial charge in [-0.2, -0.15) is 0 Å². The van der Waals surface area contributed by atoms with Gasteiger partial charge < -0.3 is 10.3 Å². The van der Waals surface area contributed by atoms with Crippen LogP contribution in [-0.4, -0.2) is 20.6 Å². The first kappa shape index (κ1) is 12.8. The normalized spacial score (nSPS) is 12.7. The zero-order chi connectivity index (χ0) is 13.9. The van der Waals surface area contributed by atoms with E-state index in [1.165, 1.54) is 10.9 Å². The van der Waals surface area contributed by atoms with Crippen molar-refractivity contribution in [3.05, 3.63) is 60.3 Å². The van der Waals surface area contributed by atoms with Gasteiger partial charge in [0.1, 0.15) is 0 Å². The molecule has 1 aromatic carbocycles. The Labute approximate surface area is 118 Å². The molecule has 0 fully saturated rings. The molecular weight excluding hydrogens is 248 g/mol. The maximum atomic E-state index is 5.80. The van der Waals surface area contributed by atoms with E-state index < -0.39 is 0 Å². The zero-order valence-electron chi connectivity index (χ0n) is 11.5. The Hall–Kier alpha value is -2.20. The van der Waals surface area contributed by atoms with Gasteiger partial charge in [-0.15, -0.1) is 0 Å². The van der Waals surface area contributed by atoms with Gasteiger partial charge in [0.05, 0.1) is 17.5 Å². The number of nitrogens with zero attached hydrogens (tertiary/aromatic N) is 3. The summed E-state index contributed by atoms with van der Waals surface area (Å²) in [5.41, 5.74) is 9.12. The maximum absolute atomic E-state index is 5.80. The van der Waals surface area contributed by atoms with Crippen molar-refractivity contribution in [2.75, 3.05) is 0 Å². The number of nitrogens with two attached hydrogens (primary N) is 1. The lowest BCUT2D eigenvalue weighted by Gasteiger charge is -2.06. The van der Waals surface area contributed by atoms with Gasteiger partial charge in [-0.05, 0) is 24.6 Å². The Kier molecular flexibility index (Phi) is 3.48. The number of fused-ring (bicyclic) bond motifs is 1. The van der Waals surface area contributed by atoms with Gasteiger partial charge in [0.15, 0.2) is 0 Å². The smallest absolute Gasteiger partial charge is 0.0952 e. The molecule has 0 amide bonds. The summed E-state index contributed by atoms with van der Waals surface area (Å²) < 4.78 is 2.10. The van der Waals surface area contributed by atoms with Crippen molar-refractivity contribution >= 4 is 10.9 Å².